The summed E-state index contributed by atoms with van der Waals surface area (Å²) < 4.78 is 0. The molecule has 0 aliphatic carbocycles. The van der Waals surface area contributed by atoms with E-state index < -0.39 is 0 Å². The van der Waals surface area contributed by atoms with Crippen LogP contribution in [0.15, 0.2) is 29.3 Å². The highest BCUT2D eigenvalue weighted by atomic mass is 16.1. The number of anilines is 2. The SMILES string of the molecule is Cc1cc(=O)[nH]c(Nc2ncccn2)n1. The fourth-order valence-electron chi connectivity index (χ4n) is 1.11. The van der Waals surface area contributed by atoms with Crippen molar-refractivity contribution in [1.29, 1.82) is 0 Å². The Kier molecular flexibility index (Phi) is 2.40. The average molecular weight is 203 g/mol. The number of hydrogen-bond acceptors (Lipinski definition) is 5. The number of aromatic nitrogens is 4. The van der Waals surface area contributed by atoms with E-state index in [1.165, 1.54) is 6.07 Å². The van der Waals surface area contributed by atoms with Crippen LogP contribution in [0.25, 0.3) is 0 Å². The molecule has 76 valence electrons. The smallest absolute Gasteiger partial charge is 0.252 e. The van der Waals surface area contributed by atoms with Crippen molar-refractivity contribution in [1.82, 2.24) is 19.9 Å². The Hall–Kier alpha value is -2.24. The van der Waals surface area contributed by atoms with Crippen LogP contribution in [-0.4, -0.2) is 19.9 Å². The molecule has 0 aliphatic rings. The second kappa shape index (κ2) is 3.87. The van der Waals surface area contributed by atoms with Gasteiger partial charge >= 0.3 is 0 Å². The van der Waals surface area contributed by atoms with Crippen molar-refractivity contribution < 1.29 is 0 Å². The van der Waals surface area contributed by atoms with Crippen molar-refractivity contribution in [3.63, 3.8) is 0 Å². The van der Waals surface area contributed by atoms with Gasteiger partial charge in [0.25, 0.3) is 5.56 Å². The first-order valence-corrected chi connectivity index (χ1v) is 4.36. The van der Waals surface area contributed by atoms with Gasteiger partial charge in [-0.05, 0) is 13.0 Å². The molecule has 6 nitrogen and oxygen atoms in total. The minimum Gasteiger partial charge on any atom is -0.294 e. The van der Waals surface area contributed by atoms with Crippen molar-refractivity contribution in [2.24, 2.45) is 0 Å². The molecule has 0 radical (unpaired) electrons. The summed E-state index contributed by atoms with van der Waals surface area (Å²) in [5, 5.41) is 2.80. The Labute approximate surface area is 85.4 Å². The molecular formula is C9H9N5O. The Bertz CT molecular complexity index is 507. The fraction of sp³-hybridized carbons (Fsp3) is 0.111. The molecule has 0 unspecified atom stereocenters. The number of hydrogen-bond donors (Lipinski definition) is 2. The predicted octanol–water partition coefficient (Wildman–Crippen LogP) is 0.612. The number of H-pyrrole nitrogens is 1. The maximum Gasteiger partial charge on any atom is 0.252 e. The van der Waals surface area contributed by atoms with Gasteiger partial charge in [-0.1, -0.05) is 0 Å². The summed E-state index contributed by atoms with van der Waals surface area (Å²) >= 11 is 0. The topological polar surface area (TPSA) is 83.6 Å². The first-order chi connectivity index (χ1) is 7.24. The van der Waals surface area contributed by atoms with Crippen LogP contribution in [0.3, 0.4) is 0 Å². The molecule has 2 heterocycles. The minimum absolute atomic E-state index is 0.207. The van der Waals surface area contributed by atoms with Gasteiger partial charge in [-0.3, -0.25) is 15.1 Å². The molecule has 0 saturated heterocycles. The third-order valence-electron chi connectivity index (χ3n) is 1.67. The first kappa shape index (κ1) is 9.32. The largest absolute Gasteiger partial charge is 0.294 e. The van der Waals surface area contributed by atoms with E-state index in [4.69, 9.17) is 0 Å². The van der Waals surface area contributed by atoms with E-state index in [-0.39, 0.29) is 5.56 Å². The Morgan fingerprint density at radius 2 is 2.07 bits per heavy atom. The molecular weight excluding hydrogens is 194 g/mol. The number of nitrogens with one attached hydrogen (secondary N) is 2. The van der Waals surface area contributed by atoms with Crippen LogP contribution in [0.1, 0.15) is 5.69 Å². The van der Waals surface area contributed by atoms with Gasteiger partial charge in [0.2, 0.25) is 11.9 Å². The lowest BCUT2D eigenvalue weighted by Gasteiger charge is -2.02. The number of nitrogens with zero attached hydrogens (tertiary/aromatic N) is 3. The van der Waals surface area contributed by atoms with Crippen molar-refractivity contribution >= 4 is 11.9 Å². The van der Waals surface area contributed by atoms with Crippen LogP contribution in [0.4, 0.5) is 11.9 Å². The van der Waals surface area contributed by atoms with Crippen molar-refractivity contribution in [2.75, 3.05) is 5.32 Å². The molecule has 2 aromatic heterocycles. The van der Waals surface area contributed by atoms with Crippen LogP contribution in [0, 0.1) is 6.92 Å². The number of aromatic amines is 1. The lowest BCUT2D eigenvalue weighted by Crippen LogP contribution is -2.11. The van der Waals surface area contributed by atoms with E-state index in [1.807, 2.05) is 0 Å². The zero-order valence-corrected chi connectivity index (χ0v) is 8.06. The summed E-state index contributed by atoms with van der Waals surface area (Å²) in [6.45, 7) is 1.74. The highest BCUT2D eigenvalue weighted by molar-refractivity contribution is 5.41. The van der Waals surface area contributed by atoms with E-state index in [1.54, 1.807) is 25.4 Å². The van der Waals surface area contributed by atoms with Crippen LogP contribution in [0.5, 0.6) is 0 Å². The van der Waals surface area contributed by atoms with E-state index in [2.05, 4.69) is 25.3 Å². The monoisotopic (exact) mass is 203 g/mol. The fourth-order valence-corrected chi connectivity index (χ4v) is 1.11. The number of aryl methyl sites for hydroxylation is 1. The average Bonchev–Trinajstić information content (AvgIpc) is 2.17. The normalized spacial score (nSPS) is 9.93. The van der Waals surface area contributed by atoms with Crippen molar-refractivity contribution in [3.8, 4) is 0 Å². The van der Waals surface area contributed by atoms with Crippen LogP contribution >= 0.6 is 0 Å². The molecule has 0 fully saturated rings. The molecule has 2 N–H and O–H groups in total. The van der Waals surface area contributed by atoms with Gasteiger partial charge in [0.15, 0.2) is 0 Å². The Morgan fingerprint density at radius 3 is 2.73 bits per heavy atom. The summed E-state index contributed by atoms with van der Waals surface area (Å²) in [4.78, 5) is 25.6. The zero-order chi connectivity index (χ0) is 10.7. The van der Waals surface area contributed by atoms with Gasteiger partial charge in [-0.15, -0.1) is 0 Å². The predicted molar refractivity (Wildman–Crippen MR) is 54.9 cm³/mol. The third-order valence-corrected chi connectivity index (χ3v) is 1.67. The summed E-state index contributed by atoms with van der Waals surface area (Å²) in [5.41, 5.74) is 0.429. The third kappa shape index (κ3) is 2.37. The molecule has 2 aromatic rings. The highest BCUT2D eigenvalue weighted by Gasteiger charge is 1.99. The molecule has 0 aliphatic heterocycles. The molecule has 6 heteroatoms. The number of rotatable bonds is 2. The standard InChI is InChI=1S/C9H9N5O/c1-6-5-7(15)13-9(12-6)14-8-10-3-2-4-11-8/h2-5H,1H3,(H2,10,11,12,13,14,15). The second-order valence-corrected chi connectivity index (χ2v) is 2.93. The highest BCUT2D eigenvalue weighted by Crippen LogP contribution is 2.03. The van der Waals surface area contributed by atoms with Crippen LogP contribution < -0.4 is 10.9 Å². The summed E-state index contributed by atoms with van der Waals surface area (Å²) in [6.07, 6.45) is 3.20. The van der Waals surface area contributed by atoms with Gasteiger partial charge in [0, 0.05) is 24.2 Å². The maximum atomic E-state index is 11.1. The van der Waals surface area contributed by atoms with Gasteiger partial charge in [-0.25, -0.2) is 15.0 Å². The van der Waals surface area contributed by atoms with Crippen LogP contribution in [0.2, 0.25) is 0 Å². The van der Waals surface area contributed by atoms with Gasteiger partial charge in [0.1, 0.15) is 0 Å². The summed E-state index contributed by atoms with van der Waals surface area (Å²) in [6, 6.07) is 3.12. The van der Waals surface area contributed by atoms with E-state index in [9.17, 15) is 4.79 Å². The molecule has 15 heavy (non-hydrogen) atoms. The molecule has 0 atom stereocenters. The second-order valence-electron chi connectivity index (χ2n) is 2.93. The van der Waals surface area contributed by atoms with Gasteiger partial charge in [0.05, 0.1) is 0 Å². The summed E-state index contributed by atoms with van der Waals surface area (Å²) in [7, 11) is 0. The van der Waals surface area contributed by atoms with Gasteiger partial charge in [-0.2, -0.15) is 0 Å². The lowest BCUT2D eigenvalue weighted by atomic mass is 10.4. The maximum absolute atomic E-state index is 11.1. The first-order valence-electron chi connectivity index (χ1n) is 4.36. The molecule has 0 bridgehead atoms. The Morgan fingerprint density at radius 1 is 1.33 bits per heavy atom. The summed E-state index contributed by atoms with van der Waals surface area (Å²) in [5.74, 6) is 0.734. The quantitative estimate of drug-likeness (QED) is 0.747. The lowest BCUT2D eigenvalue weighted by molar-refractivity contribution is 1.05. The van der Waals surface area contributed by atoms with Gasteiger partial charge < -0.3 is 0 Å². The molecule has 0 amide bonds. The minimum atomic E-state index is -0.207. The van der Waals surface area contributed by atoms with E-state index in [0.29, 0.717) is 17.6 Å². The molecule has 0 aromatic carbocycles. The zero-order valence-electron chi connectivity index (χ0n) is 8.06. The van der Waals surface area contributed by atoms with Crippen LogP contribution in [-0.2, 0) is 0 Å². The van der Waals surface area contributed by atoms with Crippen molar-refractivity contribution in [3.05, 3.63) is 40.6 Å². The molecule has 2 rings (SSSR count). The molecule has 0 saturated carbocycles. The van der Waals surface area contributed by atoms with E-state index >= 15 is 0 Å². The van der Waals surface area contributed by atoms with E-state index in [0.717, 1.165) is 0 Å². The Balaban J connectivity index is 2.29. The molecule has 0 spiro atoms. The van der Waals surface area contributed by atoms with Crippen molar-refractivity contribution in [2.45, 2.75) is 6.92 Å².